The molecule has 6 nitrogen and oxygen atoms in total. The monoisotopic (exact) mass is 447 g/mol. The van der Waals surface area contributed by atoms with E-state index in [-0.39, 0.29) is 23.5 Å². The predicted octanol–water partition coefficient (Wildman–Crippen LogP) is 4.93. The molecule has 1 atom stereocenters. The van der Waals surface area contributed by atoms with E-state index in [4.69, 9.17) is 4.98 Å². The van der Waals surface area contributed by atoms with Crippen LogP contribution in [0.25, 0.3) is 10.9 Å². The van der Waals surface area contributed by atoms with E-state index in [1.807, 2.05) is 35.6 Å². The average molecular weight is 447 g/mol. The van der Waals surface area contributed by atoms with Gasteiger partial charge in [-0.15, -0.1) is 0 Å². The number of anilines is 2. The Balaban J connectivity index is 1.34. The van der Waals surface area contributed by atoms with Crippen molar-refractivity contribution in [2.75, 3.05) is 18.4 Å². The molecule has 0 unspecified atom stereocenters. The summed E-state index contributed by atoms with van der Waals surface area (Å²) in [6, 6.07) is 13.1. The Morgan fingerprint density at radius 3 is 2.70 bits per heavy atom. The second-order valence-corrected chi connectivity index (χ2v) is 8.44. The normalized spacial score (nSPS) is 15.9. The molecule has 0 saturated carbocycles. The summed E-state index contributed by atoms with van der Waals surface area (Å²) in [7, 11) is 1.82. The van der Waals surface area contributed by atoms with Crippen LogP contribution in [0.5, 0.6) is 0 Å². The van der Waals surface area contributed by atoms with Crippen molar-refractivity contribution in [3.63, 3.8) is 0 Å². The van der Waals surface area contributed by atoms with E-state index < -0.39 is 0 Å². The average Bonchev–Trinajstić information content (AvgIpc) is 3.40. The number of hydrogen-bond acceptors (Lipinski definition) is 4. The molecule has 0 radical (unpaired) electrons. The number of nitrogens with zero attached hydrogens (tertiary/aromatic N) is 4. The molecule has 0 spiro atoms. The highest BCUT2D eigenvalue weighted by atomic mass is 19.1. The number of fused-ring (bicyclic) bond motifs is 1. The first-order chi connectivity index (χ1) is 15.9. The number of amides is 1. The molecule has 4 aromatic rings. The molecule has 1 aliphatic rings. The van der Waals surface area contributed by atoms with Crippen LogP contribution in [0.15, 0.2) is 54.7 Å². The van der Waals surface area contributed by atoms with Crippen LogP contribution in [-0.2, 0) is 7.05 Å². The minimum atomic E-state index is -0.390. The van der Waals surface area contributed by atoms with Crippen LogP contribution in [0.1, 0.15) is 34.2 Å². The zero-order valence-corrected chi connectivity index (χ0v) is 18.3. The maximum absolute atomic E-state index is 13.6. The van der Waals surface area contributed by atoms with E-state index in [0.29, 0.717) is 30.0 Å². The predicted molar refractivity (Wildman–Crippen MR) is 123 cm³/mol. The SMILES string of the molecule is Cc1cc(Nc2ccc(F)cn2)cc([C@@H]2CCN(C(=O)c3cc4cc(F)ccc4n3C)C2)n1. The molecule has 8 heteroatoms. The Morgan fingerprint density at radius 1 is 1.09 bits per heavy atom. The van der Waals surface area contributed by atoms with Gasteiger partial charge in [-0.2, -0.15) is 0 Å². The third-order valence-electron chi connectivity index (χ3n) is 6.09. The van der Waals surface area contributed by atoms with Gasteiger partial charge in [0.2, 0.25) is 0 Å². The lowest BCUT2D eigenvalue weighted by Crippen LogP contribution is -2.30. The van der Waals surface area contributed by atoms with Gasteiger partial charge in [0.25, 0.3) is 5.91 Å². The van der Waals surface area contributed by atoms with Crippen LogP contribution in [0, 0.1) is 18.6 Å². The van der Waals surface area contributed by atoms with Crippen molar-refractivity contribution in [2.24, 2.45) is 7.05 Å². The van der Waals surface area contributed by atoms with Crippen molar-refractivity contribution in [1.29, 1.82) is 0 Å². The van der Waals surface area contributed by atoms with Gasteiger partial charge < -0.3 is 14.8 Å². The van der Waals surface area contributed by atoms with Gasteiger partial charge in [-0.25, -0.2) is 13.8 Å². The van der Waals surface area contributed by atoms with E-state index >= 15 is 0 Å². The summed E-state index contributed by atoms with van der Waals surface area (Å²) in [4.78, 5) is 23.8. The molecule has 168 valence electrons. The smallest absolute Gasteiger partial charge is 0.270 e. The fraction of sp³-hybridized carbons (Fsp3) is 0.240. The van der Waals surface area contributed by atoms with Gasteiger partial charge in [0.05, 0.1) is 6.20 Å². The summed E-state index contributed by atoms with van der Waals surface area (Å²) in [5.74, 6) is -0.137. The lowest BCUT2D eigenvalue weighted by molar-refractivity contribution is 0.0781. The minimum Gasteiger partial charge on any atom is -0.340 e. The highest BCUT2D eigenvalue weighted by molar-refractivity contribution is 5.98. The third-order valence-corrected chi connectivity index (χ3v) is 6.09. The number of carbonyl (C=O) groups excluding carboxylic acids is 1. The topological polar surface area (TPSA) is 63.1 Å². The fourth-order valence-electron chi connectivity index (χ4n) is 4.45. The van der Waals surface area contributed by atoms with E-state index in [9.17, 15) is 13.6 Å². The Labute approximate surface area is 189 Å². The van der Waals surface area contributed by atoms with Crippen molar-refractivity contribution in [2.45, 2.75) is 19.3 Å². The van der Waals surface area contributed by atoms with Crippen molar-refractivity contribution >= 4 is 28.3 Å². The quantitative estimate of drug-likeness (QED) is 0.482. The second kappa shape index (κ2) is 8.27. The lowest BCUT2D eigenvalue weighted by Gasteiger charge is -2.17. The van der Waals surface area contributed by atoms with Gasteiger partial charge >= 0.3 is 0 Å². The van der Waals surface area contributed by atoms with Crippen molar-refractivity contribution in [3.05, 3.63) is 83.4 Å². The van der Waals surface area contributed by atoms with Crippen LogP contribution in [0.3, 0.4) is 0 Å². The van der Waals surface area contributed by atoms with Gasteiger partial charge in [-0.3, -0.25) is 9.78 Å². The number of hydrogen-bond donors (Lipinski definition) is 1. The van der Waals surface area contributed by atoms with Crippen LogP contribution < -0.4 is 5.32 Å². The molecule has 0 bridgehead atoms. The summed E-state index contributed by atoms with van der Waals surface area (Å²) in [5, 5.41) is 3.90. The number of aromatic nitrogens is 3. The lowest BCUT2D eigenvalue weighted by atomic mass is 10.0. The summed E-state index contributed by atoms with van der Waals surface area (Å²) in [5.41, 5.74) is 3.92. The maximum Gasteiger partial charge on any atom is 0.270 e. The van der Waals surface area contributed by atoms with Gasteiger partial charge in [0.15, 0.2) is 0 Å². The van der Waals surface area contributed by atoms with Crippen LogP contribution in [0.4, 0.5) is 20.3 Å². The summed E-state index contributed by atoms with van der Waals surface area (Å²) >= 11 is 0. The summed E-state index contributed by atoms with van der Waals surface area (Å²) in [6.45, 7) is 3.09. The van der Waals surface area contributed by atoms with Crippen molar-refractivity contribution < 1.29 is 13.6 Å². The molecule has 0 aliphatic carbocycles. The van der Waals surface area contributed by atoms with Gasteiger partial charge in [0, 0.05) is 54.0 Å². The molecule has 5 rings (SSSR count). The van der Waals surface area contributed by atoms with Crippen LogP contribution in [-0.4, -0.2) is 38.4 Å². The first-order valence-corrected chi connectivity index (χ1v) is 10.8. The third kappa shape index (κ3) is 4.16. The summed E-state index contributed by atoms with van der Waals surface area (Å²) in [6.07, 6.45) is 1.97. The molecule has 1 aliphatic heterocycles. The molecule has 33 heavy (non-hydrogen) atoms. The molecular formula is C25H23F2N5O. The first-order valence-electron chi connectivity index (χ1n) is 10.8. The fourth-order valence-corrected chi connectivity index (χ4v) is 4.45. The van der Waals surface area contributed by atoms with Crippen LogP contribution in [0.2, 0.25) is 0 Å². The number of likely N-dealkylation sites (tertiary alicyclic amines) is 1. The van der Waals surface area contributed by atoms with Gasteiger partial charge in [-0.05, 0) is 61.9 Å². The molecule has 3 aromatic heterocycles. The van der Waals surface area contributed by atoms with E-state index in [1.54, 1.807) is 18.2 Å². The highest BCUT2D eigenvalue weighted by Crippen LogP contribution is 2.30. The second-order valence-electron chi connectivity index (χ2n) is 8.44. The number of rotatable bonds is 4. The number of pyridine rings is 2. The Hall–Kier alpha value is -3.81. The van der Waals surface area contributed by atoms with Gasteiger partial charge in [0.1, 0.15) is 23.1 Å². The molecule has 1 amide bonds. The molecule has 4 heterocycles. The largest absolute Gasteiger partial charge is 0.340 e. The molecule has 1 aromatic carbocycles. The molecule has 1 saturated heterocycles. The molecule has 1 N–H and O–H groups in total. The number of carbonyl (C=O) groups is 1. The van der Waals surface area contributed by atoms with E-state index in [2.05, 4.69) is 10.3 Å². The Bertz CT molecular complexity index is 1350. The summed E-state index contributed by atoms with van der Waals surface area (Å²) < 4.78 is 28.5. The minimum absolute atomic E-state index is 0.0712. The van der Waals surface area contributed by atoms with Crippen molar-refractivity contribution in [3.8, 4) is 0 Å². The number of nitrogens with one attached hydrogen (secondary N) is 1. The number of halogens is 2. The molecule has 1 fully saturated rings. The maximum atomic E-state index is 13.6. The zero-order chi connectivity index (χ0) is 23.1. The Morgan fingerprint density at radius 2 is 1.91 bits per heavy atom. The highest BCUT2D eigenvalue weighted by Gasteiger charge is 2.30. The Kier molecular flexibility index (Phi) is 5.28. The number of benzene rings is 1. The zero-order valence-electron chi connectivity index (χ0n) is 18.3. The van der Waals surface area contributed by atoms with E-state index in [1.165, 1.54) is 24.4 Å². The van der Waals surface area contributed by atoms with Gasteiger partial charge in [-0.1, -0.05) is 0 Å². The van der Waals surface area contributed by atoms with Crippen molar-refractivity contribution in [1.82, 2.24) is 19.4 Å². The standard InChI is InChI=1S/C25H23F2N5O/c1-15-9-20(30-24-6-4-19(27)13-28-24)12-21(29-15)16-7-8-32(14-16)25(33)23-11-17-10-18(26)3-5-22(17)31(23)2/h3-6,9-13,16H,7-8,14H2,1-2H3,(H,28,29,30)/t16-/m1/s1. The van der Waals surface area contributed by atoms with E-state index in [0.717, 1.165) is 29.0 Å². The van der Waals surface area contributed by atoms with Crippen LogP contribution >= 0.6 is 0 Å². The first kappa shape index (κ1) is 21.1. The molecular weight excluding hydrogens is 424 g/mol. The number of aryl methyl sites for hydroxylation is 2.